The Morgan fingerprint density at radius 3 is 2.86 bits per heavy atom. The highest BCUT2D eigenvalue weighted by molar-refractivity contribution is 9.10. The van der Waals surface area contributed by atoms with Gasteiger partial charge in [0, 0.05) is 35.6 Å². The summed E-state index contributed by atoms with van der Waals surface area (Å²) in [7, 11) is 2.16. The monoisotopic (exact) mass is 372 g/mol. The van der Waals surface area contributed by atoms with Gasteiger partial charge in [0.25, 0.3) is 0 Å². The van der Waals surface area contributed by atoms with Gasteiger partial charge in [0.2, 0.25) is 0 Å². The lowest BCUT2D eigenvalue weighted by atomic mass is 10.3. The molecule has 0 saturated heterocycles. The Morgan fingerprint density at radius 2 is 2.19 bits per heavy atom. The van der Waals surface area contributed by atoms with Crippen molar-refractivity contribution in [2.45, 2.75) is 39.3 Å². The molecule has 0 bridgehead atoms. The number of halogens is 2. The Balaban J connectivity index is 2.18. The zero-order valence-corrected chi connectivity index (χ0v) is 15.2. The summed E-state index contributed by atoms with van der Waals surface area (Å²) < 4.78 is 3.16. The first-order chi connectivity index (χ1) is 10.0. The Morgan fingerprint density at radius 1 is 1.43 bits per heavy atom. The van der Waals surface area contributed by atoms with Crippen LogP contribution in [0.5, 0.6) is 0 Å². The van der Waals surface area contributed by atoms with Crippen LogP contribution in [-0.4, -0.2) is 44.9 Å². The number of rotatable bonds is 7. The Hall–Kier alpha value is -0.650. The van der Waals surface area contributed by atoms with Crippen LogP contribution in [0.2, 0.25) is 0 Å². The third-order valence-corrected chi connectivity index (χ3v) is 4.35. The SMILES string of the molecule is CC(C)N(C)CCCn1c(CCCl)nc2cc(Br)cnc21. The van der Waals surface area contributed by atoms with E-state index in [1.54, 1.807) is 0 Å². The molecule has 0 fully saturated rings. The van der Waals surface area contributed by atoms with Gasteiger partial charge < -0.3 is 9.47 Å². The second-order valence-corrected chi connectivity index (χ2v) is 6.84. The fraction of sp³-hybridized carbons (Fsp3) is 0.600. The maximum Gasteiger partial charge on any atom is 0.160 e. The van der Waals surface area contributed by atoms with Gasteiger partial charge in [-0.3, -0.25) is 0 Å². The minimum Gasteiger partial charge on any atom is -0.313 e. The molecule has 6 heteroatoms. The molecular weight excluding hydrogens is 352 g/mol. The van der Waals surface area contributed by atoms with Crippen molar-refractivity contribution in [2.75, 3.05) is 19.5 Å². The quantitative estimate of drug-likeness (QED) is 0.694. The van der Waals surface area contributed by atoms with Crippen molar-refractivity contribution in [1.82, 2.24) is 19.4 Å². The van der Waals surface area contributed by atoms with E-state index in [0.717, 1.165) is 47.4 Å². The Labute approximate surface area is 139 Å². The molecule has 0 spiro atoms. The molecule has 4 nitrogen and oxygen atoms in total. The Bertz CT molecular complexity index is 597. The first-order valence-electron chi connectivity index (χ1n) is 7.29. The number of pyridine rings is 1. The number of hydrogen-bond acceptors (Lipinski definition) is 3. The summed E-state index contributed by atoms with van der Waals surface area (Å²) >= 11 is 9.35. The molecule has 0 aliphatic heterocycles. The van der Waals surface area contributed by atoms with Gasteiger partial charge in [-0.05, 0) is 55.9 Å². The zero-order valence-electron chi connectivity index (χ0n) is 12.8. The van der Waals surface area contributed by atoms with E-state index in [-0.39, 0.29) is 0 Å². The van der Waals surface area contributed by atoms with E-state index >= 15 is 0 Å². The average molecular weight is 374 g/mol. The highest BCUT2D eigenvalue weighted by atomic mass is 79.9. The number of imidazole rings is 1. The summed E-state index contributed by atoms with van der Waals surface area (Å²) in [4.78, 5) is 11.5. The normalized spacial score (nSPS) is 12.0. The van der Waals surface area contributed by atoms with Gasteiger partial charge in [-0.2, -0.15) is 0 Å². The summed E-state index contributed by atoms with van der Waals surface area (Å²) in [5.74, 6) is 1.61. The smallest absolute Gasteiger partial charge is 0.160 e. The second kappa shape index (κ2) is 7.56. The fourth-order valence-corrected chi connectivity index (χ4v) is 2.77. The molecule has 21 heavy (non-hydrogen) atoms. The lowest BCUT2D eigenvalue weighted by Crippen LogP contribution is -2.28. The number of hydrogen-bond donors (Lipinski definition) is 0. The number of fused-ring (bicyclic) bond motifs is 1. The van der Waals surface area contributed by atoms with Crippen LogP contribution in [0.25, 0.3) is 11.2 Å². The minimum atomic E-state index is 0.570. The number of alkyl halides is 1. The van der Waals surface area contributed by atoms with Gasteiger partial charge in [0.15, 0.2) is 5.65 Å². The van der Waals surface area contributed by atoms with Gasteiger partial charge in [0.1, 0.15) is 11.3 Å². The summed E-state index contributed by atoms with van der Waals surface area (Å²) in [6.07, 6.45) is 3.67. The molecule has 0 radical (unpaired) electrons. The van der Waals surface area contributed by atoms with Crippen LogP contribution in [0.3, 0.4) is 0 Å². The van der Waals surface area contributed by atoms with Gasteiger partial charge >= 0.3 is 0 Å². The molecule has 2 rings (SSSR count). The van der Waals surface area contributed by atoms with Crippen LogP contribution in [0.15, 0.2) is 16.7 Å². The van der Waals surface area contributed by atoms with Crippen LogP contribution in [0.4, 0.5) is 0 Å². The van der Waals surface area contributed by atoms with E-state index in [1.165, 1.54) is 0 Å². The molecule has 0 unspecified atom stereocenters. The lowest BCUT2D eigenvalue weighted by Gasteiger charge is -2.21. The zero-order chi connectivity index (χ0) is 15.4. The van der Waals surface area contributed by atoms with Gasteiger partial charge in [-0.15, -0.1) is 11.6 Å². The average Bonchev–Trinajstić information content (AvgIpc) is 2.76. The molecule has 2 aromatic rings. The second-order valence-electron chi connectivity index (χ2n) is 5.54. The third kappa shape index (κ3) is 4.18. The molecule has 2 heterocycles. The van der Waals surface area contributed by atoms with Gasteiger partial charge in [-0.25, -0.2) is 9.97 Å². The Kier molecular flexibility index (Phi) is 6.02. The minimum absolute atomic E-state index is 0.570. The maximum atomic E-state index is 5.90. The van der Waals surface area contributed by atoms with E-state index in [2.05, 4.69) is 56.3 Å². The van der Waals surface area contributed by atoms with Crippen LogP contribution >= 0.6 is 27.5 Å². The van der Waals surface area contributed by atoms with Crippen molar-refractivity contribution >= 4 is 38.7 Å². The molecule has 0 atom stereocenters. The van der Waals surface area contributed by atoms with Gasteiger partial charge in [0.05, 0.1) is 0 Å². The predicted molar refractivity (Wildman–Crippen MR) is 92.0 cm³/mol. The number of aryl methyl sites for hydroxylation is 2. The van der Waals surface area contributed by atoms with E-state index in [1.807, 2.05) is 12.3 Å². The van der Waals surface area contributed by atoms with Crippen molar-refractivity contribution in [3.05, 3.63) is 22.6 Å². The molecule has 0 N–H and O–H groups in total. The lowest BCUT2D eigenvalue weighted by molar-refractivity contribution is 0.265. The van der Waals surface area contributed by atoms with E-state index in [9.17, 15) is 0 Å². The van der Waals surface area contributed by atoms with Crippen molar-refractivity contribution in [3.63, 3.8) is 0 Å². The van der Waals surface area contributed by atoms with Crippen molar-refractivity contribution in [3.8, 4) is 0 Å². The van der Waals surface area contributed by atoms with Crippen LogP contribution in [0, 0.1) is 0 Å². The van der Waals surface area contributed by atoms with E-state index < -0.39 is 0 Å². The summed E-state index contributed by atoms with van der Waals surface area (Å²) in [6, 6.07) is 2.58. The van der Waals surface area contributed by atoms with Crippen LogP contribution < -0.4 is 0 Å². The van der Waals surface area contributed by atoms with E-state index in [4.69, 9.17) is 11.6 Å². The molecule has 0 saturated carbocycles. The summed E-state index contributed by atoms with van der Waals surface area (Å²) in [5.41, 5.74) is 1.88. The molecule has 2 aromatic heterocycles. The molecule has 0 aliphatic carbocycles. The molecule has 0 aromatic carbocycles. The third-order valence-electron chi connectivity index (χ3n) is 3.72. The summed E-state index contributed by atoms with van der Waals surface area (Å²) in [6.45, 7) is 6.41. The van der Waals surface area contributed by atoms with Crippen LogP contribution in [0.1, 0.15) is 26.1 Å². The highest BCUT2D eigenvalue weighted by Gasteiger charge is 2.12. The standard InChI is InChI=1S/C15H22BrClN4/c1-11(2)20(3)7-4-8-21-14(5-6-17)19-13-9-12(16)10-18-15(13)21/h9-11H,4-8H2,1-3H3. The topological polar surface area (TPSA) is 34.0 Å². The van der Waals surface area contributed by atoms with Crippen molar-refractivity contribution < 1.29 is 0 Å². The molecular formula is C15H22BrClN4. The van der Waals surface area contributed by atoms with Crippen molar-refractivity contribution in [1.29, 1.82) is 0 Å². The fourth-order valence-electron chi connectivity index (χ4n) is 2.28. The highest BCUT2D eigenvalue weighted by Crippen LogP contribution is 2.19. The molecule has 0 amide bonds. The predicted octanol–water partition coefficient (Wildman–Crippen LogP) is 3.71. The largest absolute Gasteiger partial charge is 0.313 e. The number of nitrogens with zero attached hydrogens (tertiary/aromatic N) is 4. The summed E-state index contributed by atoms with van der Waals surface area (Å²) in [5, 5.41) is 0. The maximum absolute atomic E-state index is 5.90. The van der Waals surface area contributed by atoms with Crippen molar-refractivity contribution in [2.24, 2.45) is 0 Å². The molecule has 116 valence electrons. The number of aromatic nitrogens is 3. The van der Waals surface area contributed by atoms with E-state index in [0.29, 0.717) is 11.9 Å². The van der Waals surface area contributed by atoms with Gasteiger partial charge in [-0.1, -0.05) is 0 Å². The van der Waals surface area contributed by atoms with Crippen LogP contribution in [-0.2, 0) is 13.0 Å². The molecule has 0 aliphatic rings. The first-order valence-corrected chi connectivity index (χ1v) is 8.62. The first kappa shape index (κ1) is 16.7.